The molecular weight excluding hydrogens is 192 g/mol. The Balaban J connectivity index is 2.55. The second-order valence-corrected chi connectivity index (χ2v) is 4.40. The minimum absolute atomic E-state index is 0.105. The number of carbonyl (C=O) groups is 1. The predicted octanol–water partition coefficient (Wildman–Crippen LogP) is 1.16. The number of H-pyrrole nitrogens is 1. The van der Waals surface area contributed by atoms with Gasteiger partial charge in [0.15, 0.2) is 0 Å². The molecular formula is C10H18N4O. The van der Waals surface area contributed by atoms with E-state index in [9.17, 15) is 4.79 Å². The van der Waals surface area contributed by atoms with E-state index in [0.29, 0.717) is 17.9 Å². The van der Waals surface area contributed by atoms with Crippen LogP contribution in [-0.2, 0) is 0 Å². The number of aromatic amines is 1. The summed E-state index contributed by atoms with van der Waals surface area (Å²) in [5.74, 6) is 0.129. The minimum Gasteiger partial charge on any atom is -0.383 e. The molecule has 1 aromatic heterocycles. The first-order valence-electron chi connectivity index (χ1n) is 5.03. The molecule has 0 aliphatic rings. The number of rotatable bonds is 4. The van der Waals surface area contributed by atoms with Crippen molar-refractivity contribution in [2.24, 2.45) is 5.41 Å². The monoisotopic (exact) mass is 210 g/mol. The number of hydrogen-bond donors (Lipinski definition) is 3. The molecule has 84 valence electrons. The Morgan fingerprint density at radius 3 is 2.80 bits per heavy atom. The maximum Gasteiger partial charge on any atom is 0.256 e. The largest absolute Gasteiger partial charge is 0.383 e. The van der Waals surface area contributed by atoms with Crippen LogP contribution in [0.1, 0.15) is 37.6 Å². The fourth-order valence-electron chi connectivity index (χ4n) is 1.02. The summed E-state index contributed by atoms with van der Waals surface area (Å²) in [6, 6.07) is 0. The molecule has 1 aromatic rings. The number of aromatic nitrogens is 2. The van der Waals surface area contributed by atoms with E-state index in [1.165, 1.54) is 6.20 Å². The molecule has 0 saturated heterocycles. The molecule has 5 heteroatoms. The average molecular weight is 210 g/mol. The minimum atomic E-state index is -0.178. The number of nitrogen functional groups attached to an aromatic ring is 1. The highest BCUT2D eigenvalue weighted by Gasteiger charge is 2.18. The van der Waals surface area contributed by atoms with Crippen molar-refractivity contribution in [1.82, 2.24) is 15.5 Å². The van der Waals surface area contributed by atoms with Gasteiger partial charge in [0, 0.05) is 6.54 Å². The van der Waals surface area contributed by atoms with Gasteiger partial charge in [-0.05, 0) is 11.8 Å². The number of nitrogens with one attached hydrogen (secondary N) is 2. The normalized spacial score (nSPS) is 11.4. The van der Waals surface area contributed by atoms with Crippen molar-refractivity contribution in [3.8, 4) is 0 Å². The van der Waals surface area contributed by atoms with Crippen LogP contribution in [0.5, 0.6) is 0 Å². The Labute approximate surface area is 89.4 Å². The summed E-state index contributed by atoms with van der Waals surface area (Å²) < 4.78 is 0. The molecule has 0 aliphatic heterocycles. The number of hydrogen-bond acceptors (Lipinski definition) is 3. The Bertz CT molecular complexity index is 343. The van der Waals surface area contributed by atoms with Gasteiger partial charge < -0.3 is 11.1 Å². The van der Waals surface area contributed by atoms with Gasteiger partial charge in [-0.15, -0.1) is 0 Å². The second-order valence-electron chi connectivity index (χ2n) is 4.40. The fourth-order valence-corrected chi connectivity index (χ4v) is 1.02. The van der Waals surface area contributed by atoms with E-state index in [1.54, 1.807) is 0 Å². The summed E-state index contributed by atoms with van der Waals surface area (Å²) in [6.07, 6.45) is 2.44. The molecule has 0 radical (unpaired) electrons. The van der Waals surface area contributed by atoms with Crippen LogP contribution in [0.25, 0.3) is 0 Å². The van der Waals surface area contributed by atoms with Gasteiger partial charge in [0.1, 0.15) is 11.4 Å². The maximum atomic E-state index is 11.6. The number of nitrogens with zero attached hydrogens (tertiary/aromatic N) is 1. The van der Waals surface area contributed by atoms with E-state index in [4.69, 9.17) is 5.73 Å². The molecule has 0 atom stereocenters. The van der Waals surface area contributed by atoms with Crippen LogP contribution in [0.15, 0.2) is 6.20 Å². The Hall–Kier alpha value is -1.52. The van der Waals surface area contributed by atoms with Crippen LogP contribution in [0.4, 0.5) is 5.82 Å². The summed E-state index contributed by atoms with van der Waals surface area (Å²) in [7, 11) is 0. The van der Waals surface area contributed by atoms with Crippen molar-refractivity contribution < 1.29 is 4.79 Å². The summed E-state index contributed by atoms with van der Waals surface area (Å²) in [4.78, 5) is 11.6. The maximum absolute atomic E-state index is 11.6. The zero-order valence-electron chi connectivity index (χ0n) is 9.42. The van der Waals surface area contributed by atoms with Crippen LogP contribution in [0.3, 0.4) is 0 Å². The first-order chi connectivity index (χ1) is 6.96. The zero-order valence-corrected chi connectivity index (χ0v) is 9.42. The molecule has 0 fully saturated rings. The van der Waals surface area contributed by atoms with Gasteiger partial charge in [0.05, 0.1) is 6.20 Å². The Kier molecular flexibility index (Phi) is 3.34. The fraction of sp³-hybridized carbons (Fsp3) is 0.600. The van der Waals surface area contributed by atoms with Crippen molar-refractivity contribution in [3.05, 3.63) is 11.8 Å². The molecule has 0 aliphatic carbocycles. The standard InChI is InChI=1S/C10H18N4O/c1-4-10(2,3)6-12-9(15)7-5-13-14-8(7)11/h5H,4,6H2,1-3H3,(H,12,15)(H3,11,13,14). The predicted molar refractivity (Wildman–Crippen MR) is 59.4 cm³/mol. The third kappa shape index (κ3) is 2.97. The highest BCUT2D eigenvalue weighted by Crippen LogP contribution is 2.18. The van der Waals surface area contributed by atoms with Crippen LogP contribution < -0.4 is 11.1 Å². The van der Waals surface area contributed by atoms with Crippen molar-refractivity contribution in [1.29, 1.82) is 0 Å². The quantitative estimate of drug-likeness (QED) is 0.697. The summed E-state index contributed by atoms with van der Waals surface area (Å²) >= 11 is 0. The average Bonchev–Trinajstić information content (AvgIpc) is 2.61. The highest BCUT2D eigenvalue weighted by atomic mass is 16.1. The first kappa shape index (κ1) is 11.6. The molecule has 0 unspecified atom stereocenters. The smallest absolute Gasteiger partial charge is 0.256 e. The number of nitrogens with two attached hydrogens (primary N) is 1. The SMILES string of the molecule is CCC(C)(C)CNC(=O)c1cn[nH]c1N. The van der Waals surface area contributed by atoms with E-state index in [2.05, 4.69) is 36.3 Å². The third-order valence-electron chi connectivity index (χ3n) is 2.60. The van der Waals surface area contributed by atoms with Gasteiger partial charge in [0.2, 0.25) is 0 Å². The molecule has 1 heterocycles. The third-order valence-corrected chi connectivity index (χ3v) is 2.60. The Morgan fingerprint density at radius 2 is 2.33 bits per heavy atom. The van der Waals surface area contributed by atoms with E-state index in [0.717, 1.165) is 6.42 Å². The van der Waals surface area contributed by atoms with Crippen molar-refractivity contribution >= 4 is 11.7 Å². The molecule has 0 spiro atoms. The van der Waals surface area contributed by atoms with Crippen LogP contribution in [-0.4, -0.2) is 22.6 Å². The van der Waals surface area contributed by atoms with E-state index in [1.807, 2.05) is 0 Å². The topological polar surface area (TPSA) is 83.8 Å². The van der Waals surface area contributed by atoms with Gasteiger partial charge in [-0.3, -0.25) is 9.89 Å². The molecule has 0 saturated carbocycles. The molecule has 4 N–H and O–H groups in total. The van der Waals surface area contributed by atoms with Gasteiger partial charge in [-0.1, -0.05) is 20.8 Å². The van der Waals surface area contributed by atoms with Gasteiger partial charge >= 0.3 is 0 Å². The molecule has 1 amide bonds. The summed E-state index contributed by atoms with van der Waals surface area (Å²) in [5, 5.41) is 9.06. The van der Waals surface area contributed by atoms with Gasteiger partial charge in [0.25, 0.3) is 5.91 Å². The Morgan fingerprint density at radius 1 is 1.67 bits per heavy atom. The first-order valence-corrected chi connectivity index (χ1v) is 5.03. The lowest BCUT2D eigenvalue weighted by atomic mass is 9.90. The van der Waals surface area contributed by atoms with E-state index in [-0.39, 0.29) is 11.3 Å². The molecule has 0 bridgehead atoms. The van der Waals surface area contributed by atoms with E-state index >= 15 is 0 Å². The lowest BCUT2D eigenvalue weighted by Crippen LogP contribution is -2.33. The van der Waals surface area contributed by atoms with Crippen molar-refractivity contribution in [2.75, 3.05) is 12.3 Å². The lowest BCUT2D eigenvalue weighted by molar-refractivity contribution is 0.0936. The second kappa shape index (κ2) is 4.33. The molecule has 5 nitrogen and oxygen atoms in total. The van der Waals surface area contributed by atoms with Gasteiger partial charge in [-0.25, -0.2) is 0 Å². The van der Waals surface area contributed by atoms with Gasteiger partial charge in [-0.2, -0.15) is 5.10 Å². The molecule has 0 aromatic carbocycles. The van der Waals surface area contributed by atoms with Crippen LogP contribution >= 0.6 is 0 Å². The zero-order chi connectivity index (χ0) is 11.5. The number of carbonyl (C=O) groups excluding carboxylic acids is 1. The summed E-state index contributed by atoms with van der Waals surface area (Å²) in [6.45, 7) is 6.93. The number of anilines is 1. The van der Waals surface area contributed by atoms with Crippen molar-refractivity contribution in [2.45, 2.75) is 27.2 Å². The van der Waals surface area contributed by atoms with Crippen LogP contribution in [0, 0.1) is 5.41 Å². The number of amides is 1. The highest BCUT2D eigenvalue weighted by molar-refractivity contribution is 5.98. The van der Waals surface area contributed by atoms with Crippen LogP contribution in [0.2, 0.25) is 0 Å². The molecule has 1 rings (SSSR count). The lowest BCUT2D eigenvalue weighted by Gasteiger charge is -2.22. The van der Waals surface area contributed by atoms with Crippen molar-refractivity contribution in [3.63, 3.8) is 0 Å². The van der Waals surface area contributed by atoms with E-state index < -0.39 is 0 Å². The molecule has 15 heavy (non-hydrogen) atoms. The summed E-state index contributed by atoms with van der Waals surface area (Å²) in [5.41, 5.74) is 6.04.